The number of ether oxygens (including phenoxy) is 2. The van der Waals surface area contributed by atoms with Crippen LogP contribution in [0.4, 0.5) is 0 Å². The third kappa shape index (κ3) is 5.83. The highest BCUT2D eigenvalue weighted by molar-refractivity contribution is 5.87. The number of fused-ring (bicyclic) bond motifs is 1. The Balaban J connectivity index is 1.47. The molecule has 0 fully saturated rings. The van der Waals surface area contributed by atoms with Crippen LogP contribution in [-0.2, 0) is 14.3 Å². The van der Waals surface area contributed by atoms with Gasteiger partial charge in [-0.25, -0.2) is 0 Å². The van der Waals surface area contributed by atoms with Crippen LogP contribution in [0.1, 0.15) is 50.5 Å². The van der Waals surface area contributed by atoms with Crippen molar-refractivity contribution in [2.75, 3.05) is 20.3 Å². The molecule has 0 aromatic heterocycles. The zero-order valence-electron chi connectivity index (χ0n) is 17.2. The number of amides is 1. The minimum absolute atomic E-state index is 0.243. The van der Waals surface area contributed by atoms with Crippen LogP contribution >= 0.6 is 0 Å². The normalized spacial score (nSPS) is 14.8. The third-order valence-corrected chi connectivity index (χ3v) is 5.42. The smallest absolute Gasteiger partial charge is 0.313 e. The second-order valence-electron chi connectivity index (χ2n) is 7.51. The average Bonchev–Trinajstić information content (AvgIpc) is 2.76. The van der Waals surface area contributed by atoms with Gasteiger partial charge in [-0.05, 0) is 67.5 Å². The van der Waals surface area contributed by atoms with Gasteiger partial charge in [0, 0.05) is 6.54 Å². The zero-order chi connectivity index (χ0) is 20.6. The van der Waals surface area contributed by atoms with Crippen molar-refractivity contribution < 1.29 is 19.1 Å². The van der Waals surface area contributed by atoms with Crippen molar-refractivity contribution in [3.63, 3.8) is 0 Å². The summed E-state index contributed by atoms with van der Waals surface area (Å²) in [6.07, 6.45) is 7.91. The summed E-state index contributed by atoms with van der Waals surface area (Å²) in [4.78, 5) is 24.3. The molecule has 5 nitrogen and oxygen atoms in total. The number of hydrogen-bond donors (Lipinski definition) is 1. The molecular weight excluding hydrogens is 366 g/mol. The van der Waals surface area contributed by atoms with Crippen LogP contribution < -0.4 is 10.1 Å². The highest BCUT2D eigenvalue weighted by Gasteiger charge is 2.18. The Morgan fingerprint density at radius 1 is 1.10 bits per heavy atom. The van der Waals surface area contributed by atoms with E-state index in [0.29, 0.717) is 6.54 Å². The van der Waals surface area contributed by atoms with Gasteiger partial charge in [-0.2, -0.15) is 0 Å². The van der Waals surface area contributed by atoms with Gasteiger partial charge in [-0.1, -0.05) is 35.9 Å². The van der Waals surface area contributed by atoms with Crippen LogP contribution in [0.15, 0.2) is 48.0 Å². The summed E-state index contributed by atoms with van der Waals surface area (Å²) in [5, 5.41) is 4.90. The number of benzene rings is 2. The minimum Gasteiger partial charge on any atom is -0.497 e. The Labute approximate surface area is 172 Å². The Hall–Kier alpha value is -2.82. The van der Waals surface area contributed by atoms with Crippen LogP contribution in [0.3, 0.4) is 0 Å². The molecule has 1 aliphatic carbocycles. The van der Waals surface area contributed by atoms with E-state index in [9.17, 15) is 9.59 Å². The summed E-state index contributed by atoms with van der Waals surface area (Å²) in [6, 6.07) is 11.7. The van der Waals surface area contributed by atoms with Crippen LogP contribution in [0.5, 0.6) is 5.75 Å². The lowest BCUT2D eigenvalue weighted by Crippen LogP contribution is -2.30. The first-order valence-electron chi connectivity index (χ1n) is 10.3. The lowest BCUT2D eigenvalue weighted by atomic mass is 9.97. The summed E-state index contributed by atoms with van der Waals surface area (Å²) in [5.74, 6) is -0.305. The molecule has 0 aliphatic heterocycles. The van der Waals surface area contributed by atoms with E-state index in [1.807, 2.05) is 36.4 Å². The molecule has 29 heavy (non-hydrogen) atoms. The number of carbonyl (C=O) groups excluding carboxylic acids is 2. The van der Waals surface area contributed by atoms with E-state index in [1.54, 1.807) is 14.0 Å². The summed E-state index contributed by atoms with van der Waals surface area (Å²) in [6.45, 7) is 2.14. The number of esters is 1. The molecule has 1 atom stereocenters. The van der Waals surface area contributed by atoms with E-state index in [1.165, 1.54) is 18.4 Å². The number of hydrogen-bond acceptors (Lipinski definition) is 4. The van der Waals surface area contributed by atoms with Gasteiger partial charge in [-0.15, -0.1) is 0 Å². The highest BCUT2D eigenvalue weighted by Crippen LogP contribution is 2.25. The van der Waals surface area contributed by atoms with Gasteiger partial charge >= 0.3 is 5.97 Å². The summed E-state index contributed by atoms with van der Waals surface area (Å²) >= 11 is 0. The van der Waals surface area contributed by atoms with Crippen LogP contribution in [0.2, 0.25) is 0 Å². The first-order chi connectivity index (χ1) is 14.1. The van der Waals surface area contributed by atoms with E-state index >= 15 is 0 Å². The molecule has 0 heterocycles. The van der Waals surface area contributed by atoms with Gasteiger partial charge in [0.15, 0.2) is 6.61 Å². The van der Waals surface area contributed by atoms with Gasteiger partial charge < -0.3 is 14.8 Å². The van der Waals surface area contributed by atoms with E-state index in [2.05, 4.69) is 11.4 Å². The topological polar surface area (TPSA) is 64.6 Å². The van der Waals surface area contributed by atoms with E-state index in [4.69, 9.17) is 9.47 Å². The first kappa shape index (κ1) is 20.9. The molecule has 3 rings (SSSR count). The van der Waals surface area contributed by atoms with Crippen LogP contribution in [-0.4, -0.2) is 32.1 Å². The molecule has 1 aliphatic rings. The molecule has 2 aromatic rings. The fraction of sp³-hybridized carbons (Fsp3) is 0.417. The van der Waals surface area contributed by atoms with Crippen molar-refractivity contribution in [2.24, 2.45) is 0 Å². The van der Waals surface area contributed by atoms with Crippen LogP contribution in [0, 0.1) is 0 Å². The first-order valence-corrected chi connectivity index (χ1v) is 10.3. The Bertz CT molecular complexity index is 903. The number of allylic oxidation sites excluding steroid dienone is 1. The SMILES string of the molecule is COc1ccc2cc([C@H](C)C(=O)OCC(=O)NCCC3=CCCCC3)ccc2c1. The monoisotopic (exact) mass is 395 g/mol. The Morgan fingerprint density at radius 3 is 2.66 bits per heavy atom. The molecule has 1 N–H and O–H groups in total. The van der Waals surface area contributed by atoms with Crippen molar-refractivity contribution in [3.05, 3.63) is 53.6 Å². The molecule has 0 radical (unpaired) electrons. The quantitative estimate of drug-likeness (QED) is 0.528. The molecule has 0 spiro atoms. The van der Waals surface area contributed by atoms with Crippen LogP contribution in [0.25, 0.3) is 10.8 Å². The predicted molar refractivity (Wildman–Crippen MR) is 114 cm³/mol. The van der Waals surface area contributed by atoms with Crippen molar-refractivity contribution >= 4 is 22.6 Å². The second kappa shape index (κ2) is 10.1. The Kier molecular flexibility index (Phi) is 7.28. The van der Waals surface area contributed by atoms with E-state index < -0.39 is 11.9 Å². The van der Waals surface area contributed by atoms with E-state index in [0.717, 1.165) is 41.3 Å². The molecule has 1 amide bonds. The maximum Gasteiger partial charge on any atom is 0.313 e. The van der Waals surface area contributed by atoms with Gasteiger partial charge in [0.25, 0.3) is 5.91 Å². The Morgan fingerprint density at radius 2 is 1.90 bits per heavy atom. The lowest BCUT2D eigenvalue weighted by Gasteiger charge is -2.14. The number of methoxy groups -OCH3 is 1. The van der Waals surface area contributed by atoms with Crippen molar-refractivity contribution in [1.82, 2.24) is 5.32 Å². The number of nitrogens with one attached hydrogen (secondary N) is 1. The fourth-order valence-electron chi connectivity index (χ4n) is 3.58. The fourth-order valence-corrected chi connectivity index (χ4v) is 3.58. The largest absolute Gasteiger partial charge is 0.497 e. The molecule has 0 unspecified atom stereocenters. The number of rotatable bonds is 8. The molecule has 0 bridgehead atoms. The van der Waals surface area contributed by atoms with Crippen molar-refractivity contribution in [1.29, 1.82) is 0 Å². The molecule has 0 saturated carbocycles. The minimum atomic E-state index is -0.443. The van der Waals surface area contributed by atoms with Gasteiger partial charge in [0.1, 0.15) is 5.75 Å². The maximum atomic E-state index is 12.4. The molecule has 2 aromatic carbocycles. The maximum absolute atomic E-state index is 12.4. The molecular formula is C24H29NO4. The zero-order valence-corrected chi connectivity index (χ0v) is 17.2. The number of carbonyl (C=O) groups is 2. The summed E-state index contributed by atoms with van der Waals surface area (Å²) in [5.41, 5.74) is 2.27. The highest BCUT2D eigenvalue weighted by atomic mass is 16.5. The van der Waals surface area contributed by atoms with Crippen molar-refractivity contribution in [3.8, 4) is 5.75 Å². The van der Waals surface area contributed by atoms with Gasteiger partial charge in [0.05, 0.1) is 13.0 Å². The standard InChI is InChI=1S/C24H29NO4/c1-17(19-8-9-21-15-22(28-2)11-10-20(21)14-19)24(27)29-16-23(26)25-13-12-18-6-4-3-5-7-18/h6,8-11,14-15,17H,3-5,7,12-13,16H2,1-2H3,(H,25,26)/t17-/m0/s1. The summed E-state index contributed by atoms with van der Waals surface area (Å²) < 4.78 is 10.5. The van der Waals surface area contributed by atoms with E-state index in [-0.39, 0.29) is 12.5 Å². The third-order valence-electron chi connectivity index (χ3n) is 5.42. The molecule has 5 heteroatoms. The molecule has 154 valence electrons. The summed E-state index contributed by atoms with van der Waals surface area (Å²) in [7, 11) is 1.64. The molecule has 0 saturated heterocycles. The predicted octanol–water partition coefficient (Wildman–Crippen LogP) is 4.50. The second-order valence-corrected chi connectivity index (χ2v) is 7.51. The van der Waals surface area contributed by atoms with Crippen molar-refractivity contribution in [2.45, 2.75) is 44.9 Å². The van der Waals surface area contributed by atoms with Gasteiger partial charge in [0.2, 0.25) is 0 Å². The lowest BCUT2D eigenvalue weighted by molar-refractivity contribution is -0.149. The average molecular weight is 395 g/mol. The van der Waals surface area contributed by atoms with Gasteiger partial charge in [-0.3, -0.25) is 9.59 Å².